The summed E-state index contributed by atoms with van der Waals surface area (Å²) in [4.78, 5) is 20.1. The molecule has 1 aliphatic heterocycles. The van der Waals surface area contributed by atoms with E-state index in [1.54, 1.807) is 6.20 Å². The highest BCUT2D eigenvalue weighted by Crippen LogP contribution is 2.25. The van der Waals surface area contributed by atoms with E-state index in [-0.39, 0.29) is 17.9 Å². The van der Waals surface area contributed by atoms with Crippen molar-refractivity contribution >= 4 is 17.5 Å². The largest absolute Gasteiger partial charge is 0.494 e. The van der Waals surface area contributed by atoms with Gasteiger partial charge in [0.25, 0.3) is 0 Å². The van der Waals surface area contributed by atoms with E-state index < -0.39 is 0 Å². The van der Waals surface area contributed by atoms with E-state index >= 15 is 0 Å². The molecule has 0 saturated carbocycles. The van der Waals surface area contributed by atoms with Crippen molar-refractivity contribution in [2.75, 3.05) is 26.2 Å². The first kappa shape index (κ1) is 24.2. The molecule has 34 heavy (non-hydrogen) atoms. The number of nitrogens with one attached hydrogen (secondary N) is 1. The summed E-state index contributed by atoms with van der Waals surface area (Å²) in [5.41, 5.74) is 1.81. The van der Waals surface area contributed by atoms with Gasteiger partial charge in [-0.15, -0.1) is 0 Å². The number of aromatic nitrogens is 1. The van der Waals surface area contributed by atoms with Gasteiger partial charge in [-0.25, -0.2) is 0 Å². The zero-order valence-electron chi connectivity index (χ0n) is 19.4. The molecule has 1 fully saturated rings. The SMILES string of the molecule is O=C(N[C@@H](c1ccc(Cl)cc1)c1ccccn1)C1CCN(CCCCOc2ccccc2)CC1. The van der Waals surface area contributed by atoms with E-state index in [4.69, 9.17) is 16.3 Å². The van der Waals surface area contributed by atoms with Crippen LogP contribution in [-0.2, 0) is 4.79 Å². The Morgan fingerprint density at radius 3 is 2.44 bits per heavy atom. The summed E-state index contributed by atoms with van der Waals surface area (Å²) in [6.07, 6.45) is 5.64. The molecule has 1 saturated heterocycles. The molecular formula is C28H32ClN3O2. The predicted octanol–water partition coefficient (Wildman–Crippen LogP) is 5.51. The lowest BCUT2D eigenvalue weighted by molar-refractivity contribution is -0.127. The summed E-state index contributed by atoms with van der Waals surface area (Å²) in [7, 11) is 0. The standard InChI is InChI=1S/C28H32ClN3O2/c29-24-13-11-22(12-14-24)27(26-10-4-5-17-30-26)31-28(33)23-15-19-32(20-16-23)18-6-7-21-34-25-8-2-1-3-9-25/h1-5,8-14,17,23,27H,6-7,15-16,18-21H2,(H,31,33)/t27-/m0/s1. The summed E-state index contributed by atoms with van der Waals surface area (Å²) >= 11 is 6.07. The molecule has 0 spiro atoms. The fraction of sp³-hybridized carbons (Fsp3) is 0.357. The van der Waals surface area contributed by atoms with Crippen molar-refractivity contribution in [1.29, 1.82) is 0 Å². The molecule has 0 unspecified atom stereocenters. The lowest BCUT2D eigenvalue weighted by Gasteiger charge is -2.32. The van der Waals surface area contributed by atoms with Crippen molar-refractivity contribution in [3.63, 3.8) is 0 Å². The van der Waals surface area contributed by atoms with Gasteiger partial charge in [0.2, 0.25) is 5.91 Å². The number of carbonyl (C=O) groups excluding carboxylic acids is 1. The van der Waals surface area contributed by atoms with Crippen LogP contribution >= 0.6 is 11.6 Å². The Morgan fingerprint density at radius 2 is 1.74 bits per heavy atom. The minimum atomic E-state index is -0.284. The van der Waals surface area contributed by atoms with E-state index in [0.29, 0.717) is 5.02 Å². The topological polar surface area (TPSA) is 54.5 Å². The molecule has 1 aromatic heterocycles. The number of unbranched alkanes of at least 4 members (excludes halogenated alkanes) is 1. The molecule has 178 valence electrons. The molecule has 3 aromatic rings. The van der Waals surface area contributed by atoms with Crippen LogP contribution in [0.4, 0.5) is 0 Å². The fourth-order valence-electron chi connectivity index (χ4n) is 4.35. The monoisotopic (exact) mass is 477 g/mol. The van der Waals surface area contributed by atoms with Crippen LogP contribution in [0, 0.1) is 5.92 Å². The zero-order chi connectivity index (χ0) is 23.6. The number of pyridine rings is 1. The second-order valence-corrected chi connectivity index (χ2v) is 9.17. The maximum Gasteiger partial charge on any atom is 0.224 e. The van der Waals surface area contributed by atoms with Gasteiger partial charge in [0.1, 0.15) is 5.75 Å². The molecule has 0 radical (unpaired) electrons. The molecule has 0 aliphatic carbocycles. The van der Waals surface area contributed by atoms with Gasteiger partial charge in [-0.1, -0.05) is 48.0 Å². The molecule has 2 heterocycles. The van der Waals surface area contributed by atoms with Crippen LogP contribution in [0.3, 0.4) is 0 Å². The van der Waals surface area contributed by atoms with E-state index in [0.717, 1.165) is 68.9 Å². The smallest absolute Gasteiger partial charge is 0.224 e. The number of likely N-dealkylation sites (tertiary alicyclic amines) is 1. The first-order valence-electron chi connectivity index (χ1n) is 12.1. The van der Waals surface area contributed by atoms with Crippen LogP contribution in [0.5, 0.6) is 5.75 Å². The molecule has 2 aromatic carbocycles. The van der Waals surface area contributed by atoms with Crippen LogP contribution in [-0.4, -0.2) is 42.0 Å². The van der Waals surface area contributed by atoms with Crippen LogP contribution in [0.15, 0.2) is 79.0 Å². The summed E-state index contributed by atoms with van der Waals surface area (Å²) in [5, 5.41) is 3.92. The van der Waals surface area contributed by atoms with Crippen molar-refractivity contribution in [2.45, 2.75) is 31.7 Å². The lowest BCUT2D eigenvalue weighted by Crippen LogP contribution is -2.42. The van der Waals surface area contributed by atoms with Crippen molar-refractivity contribution in [3.8, 4) is 5.75 Å². The third-order valence-corrected chi connectivity index (χ3v) is 6.56. The van der Waals surface area contributed by atoms with E-state index in [2.05, 4.69) is 15.2 Å². The fourth-order valence-corrected chi connectivity index (χ4v) is 4.48. The second-order valence-electron chi connectivity index (χ2n) is 8.73. The first-order valence-corrected chi connectivity index (χ1v) is 12.4. The van der Waals surface area contributed by atoms with Crippen LogP contribution < -0.4 is 10.1 Å². The highest BCUT2D eigenvalue weighted by Gasteiger charge is 2.27. The van der Waals surface area contributed by atoms with Crippen LogP contribution in [0.2, 0.25) is 5.02 Å². The molecule has 1 amide bonds. The summed E-state index contributed by atoms with van der Waals surface area (Å²) < 4.78 is 5.78. The second kappa shape index (κ2) is 12.5. The average Bonchev–Trinajstić information content (AvgIpc) is 2.89. The normalized spacial score (nSPS) is 15.6. The van der Waals surface area contributed by atoms with Gasteiger partial charge in [-0.05, 0) is 87.3 Å². The molecule has 0 bridgehead atoms. The van der Waals surface area contributed by atoms with Gasteiger partial charge in [-0.3, -0.25) is 9.78 Å². The quantitative estimate of drug-likeness (QED) is 0.391. The van der Waals surface area contributed by atoms with E-state index in [1.807, 2.05) is 72.8 Å². The van der Waals surface area contributed by atoms with Crippen molar-refractivity contribution in [1.82, 2.24) is 15.2 Å². The summed E-state index contributed by atoms with van der Waals surface area (Å²) in [6, 6.07) is 23.0. The Bertz CT molecular complexity index is 1010. The Morgan fingerprint density at radius 1 is 1.00 bits per heavy atom. The number of rotatable bonds is 10. The average molecular weight is 478 g/mol. The third kappa shape index (κ3) is 7.05. The highest BCUT2D eigenvalue weighted by molar-refractivity contribution is 6.30. The molecule has 1 N–H and O–H groups in total. The molecule has 5 nitrogen and oxygen atoms in total. The number of para-hydroxylation sites is 1. The van der Waals surface area contributed by atoms with E-state index in [1.165, 1.54) is 0 Å². The number of amides is 1. The minimum Gasteiger partial charge on any atom is -0.494 e. The molecule has 4 rings (SSSR count). The number of halogens is 1. The van der Waals surface area contributed by atoms with Crippen molar-refractivity contribution in [3.05, 3.63) is 95.3 Å². The van der Waals surface area contributed by atoms with Gasteiger partial charge in [0.05, 0.1) is 18.3 Å². The van der Waals surface area contributed by atoms with Gasteiger partial charge in [-0.2, -0.15) is 0 Å². The summed E-state index contributed by atoms with van der Waals surface area (Å²) in [6.45, 7) is 3.69. The number of carbonyl (C=O) groups is 1. The summed E-state index contributed by atoms with van der Waals surface area (Å²) in [5.74, 6) is 1.05. The molecule has 6 heteroatoms. The lowest BCUT2D eigenvalue weighted by atomic mass is 9.94. The Hall–Kier alpha value is -2.89. The van der Waals surface area contributed by atoms with Crippen LogP contribution in [0.25, 0.3) is 0 Å². The Labute approximate surface area is 207 Å². The highest BCUT2D eigenvalue weighted by atomic mass is 35.5. The molecule has 1 atom stereocenters. The maximum atomic E-state index is 13.2. The van der Waals surface area contributed by atoms with Gasteiger partial charge >= 0.3 is 0 Å². The minimum absolute atomic E-state index is 0.0242. The third-order valence-electron chi connectivity index (χ3n) is 6.31. The Balaban J connectivity index is 1.23. The van der Waals surface area contributed by atoms with Crippen molar-refractivity contribution < 1.29 is 9.53 Å². The molecule has 1 aliphatic rings. The first-order chi connectivity index (χ1) is 16.7. The maximum absolute atomic E-state index is 13.2. The predicted molar refractivity (Wildman–Crippen MR) is 136 cm³/mol. The number of piperidine rings is 1. The van der Waals surface area contributed by atoms with Gasteiger partial charge in [0.15, 0.2) is 0 Å². The zero-order valence-corrected chi connectivity index (χ0v) is 20.2. The van der Waals surface area contributed by atoms with Gasteiger partial charge < -0.3 is 15.0 Å². The van der Waals surface area contributed by atoms with Gasteiger partial charge in [0, 0.05) is 17.1 Å². The van der Waals surface area contributed by atoms with Crippen LogP contribution in [0.1, 0.15) is 43.0 Å². The number of nitrogens with zero attached hydrogens (tertiary/aromatic N) is 2. The number of hydrogen-bond donors (Lipinski definition) is 1. The number of benzene rings is 2. The Kier molecular flexibility index (Phi) is 8.94. The van der Waals surface area contributed by atoms with Crippen molar-refractivity contribution in [2.24, 2.45) is 5.92 Å². The number of hydrogen-bond acceptors (Lipinski definition) is 4. The molecular weight excluding hydrogens is 446 g/mol. The van der Waals surface area contributed by atoms with E-state index in [9.17, 15) is 4.79 Å². The number of ether oxygens (including phenoxy) is 1.